The van der Waals surface area contributed by atoms with Gasteiger partial charge in [-0.1, -0.05) is 58.4 Å². The Hall–Kier alpha value is -7.31. The van der Waals surface area contributed by atoms with Gasteiger partial charge < -0.3 is 64.4 Å². The first-order valence-corrected chi connectivity index (χ1v) is 24.9. The average molecular weight is 1040 g/mol. The second kappa shape index (κ2) is 29.9. The lowest BCUT2D eigenvalue weighted by molar-refractivity contribution is -0.141. The molecule has 0 unspecified atom stereocenters. The highest BCUT2D eigenvalue weighted by atomic mass is 32.2. The fraction of sp³-hybridized carbons (Fsp3) is 0.521. The quantitative estimate of drug-likeness (QED) is 0.0711. The summed E-state index contributed by atoms with van der Waals surface area (Å²) in [6.45, 7) is 5.38. The minimum Gasteiger partial charge on any atom is -0.508 e. The normalized spacial score (nSPS) is 20.4. The second-order valence-electron chi connectivity index (χ2n) is 18.1. The van der Waals surface area contributed by atoms with Crippen LogP contribution in [0.15, 0.2) is 48.5 Å². The van der Waals surface area contributed by atoms with Crippen molar-refractivity contribution >= 4 is 76.7 Å². The molecule has 1 aliphatic heterocycles. The third-order valence-electron chi connectivity index (χ3n) is 11.5. The van der Waals surface area contributed by atoms with Gasteiger partial charge >= 0.3 is 0 Å². The molecule has 2 aromatic rings. The van der Waals surface area contributed by atoms with Crippen LogP contribution in [0.1, 0.15) is 83.8 Å². The number of nitrogens with two attached hydrogens (primary N) is 3. The zero-order chi connectivity index (χ0) is 54.4. The van der Waals surface area contributed by atoms with E-state index in [0.29, 0.717) is 17.5 Å². The number of nitrogens with one attached hydrogen (secondary N) is 7. The standard InChI is InChI=1S/C48H68FN11O12S/c1-5-27(4)42-47(71)56-32(14-15-37(50)62)44(68)58-36(22-38(51)63)45(69)57-33(16-18-73-19-17-40(65)54-35(46(70)59-42)21-28-8-12-31(61)13-9-28)48(72)60(24-29-6-10-30(49)11-7-29)25-41(66)55-34(20-26(2)3)43(67)53-23-39(52)64/h6-13,26-27,32-36,42,61H,5,14-25H2,1-4H3,(H2,50,62)(H2,51,63)(H2,52,64)(H,53,67)(H,54,65)(H,55,66)(H,56,71)(H,57,69)(H,58,68)(H,59,70)/t27-,32-,33-,34-,35-,36-,42-/m0/s1. The monoisotopic (exact) mass is 1040 g/mol. The Morgan fingerprint density at radius 3 is 1.99 bits per heavy atom. The number of primary amides is 3. The minimum atomic E-state index is -1.80. The molecule has 0 bridgehead atoms. The molecule has 0 radical (unpaired) electrons. The number of carbonyl (C=O) groups excluding carboxylic acids is 11. The smallest absolute Gasteiger partial charge is 0.245 e. The number of thioether (sulfide) groups is 1. The summed E-state index contributed by atoms with van der Waals surface area (Å²) in [4.78, 5) is 149. The number of amides is 11. The summed E-state index contributed by atoms with van der Waals surface area (Å²) in [6.07, 6.45) is -1.66. The molecule has 0 saturated carbocycles. The van der Waals surface area contributed by atoms with Gasteiger partial charge in [0.05, 0.1) is 19.5 Å². The number of hydrogen-bond donors (Lipinski definition) is 11. The predicted octanol–water partition coefficient (Wildman–Crippen LogP) is -1.63. The van der Waals surface area contributed by atoms with Gasteiger partial charge in [-0.3, -0.25) is 52.7 Å². The van der Waals surface area contributed by atoms with Crippen molar-refractivity contribution < 1.29 is 62.2 Å². The number of aromatic hydroxyl groups is 1. The Morgan fingerprint density at radius 2 is 1.38 bits per heavy atom. The molecule has 73 heavy (non-hydrogen) atoms. The van der Waals surface area contributed by atoms with Crippen molar-refractivity contribution in [3.8, 4) is 5.75 Å². The summed E-state index contributed by atoms with van der Waals surface area (Å²) in [6, 6.07) is 2.16. The number of phenols is 1. The third-order valence-corrected chi connectivity index (χ3v) is 12.6. The molecular weight excluding hydrogens is 974 g/mol. The Kier molecular flexibility index (Phi) is 24.6. The van der Waals surface area contributed by atoms with E-state index in [1.807, 2.05) is 0 Å². The molecule has 25 heteroatoms. The van der Waals surface area contributed by atoms with E-state index in [0.717, 1.165) is 17.0 Å². The van der Waals surface area contributed by atoms with Crippen molar-refractivity contribution in [2.45, 2.75) is 122 Å². The van der Waals surface area contributed by atoms with Gasteiger partial charge in [0.15, 0.2) is 0 Å². The maximum Gasteiger partial charge on any atom is 0.245 e. The van der Waals surface area contributed by atoms with Crippen LogP contribution in [0.3, 0.4) is 0 Å². The van der Waals surface area contributed by atoms with Crippen LogP contribution in [0.25, 0.3) is 0 Å². The van der Waals surface area contributed by atoms with Crippen LogP contribution in [0.2, 0.25) is 0 Å². The van der Waals surface area contributed by atoms with Gasteiger partial charge in [-0.05, 0) is 72.2 Å². The molecule has 400 valence electrons. The summed E-state index contributed by atoms with van der Waals surface area (Å²) in [5.41, 5.74) is 17.0. The molecule has 1 aliphatic rings. The van der Waals surface area contributed by atoms with E-state index in [2.05, 4.69) is 37.2 Å². The summed E-state index contributed by atoms with van der Waals surface area (Å²) in [5, 5.41) is 27.7. The Bertz CT molecular complexity index is 2290. The maximum atomic E-state index is 14.8. The molecule has 1 saturated heterocycles. The largest absolute Gasteiger partial charge is 0.508 e. The first-order chi connectivity index (χ1) is 34.4. The van der Waals surface area contributed by atoms with Crippen molar-refractivity contribution in [2.24, 2.45) is 29.0 Å². The highest BCUT2D eigenvalue weighted by molar-refractivity contribution is 7.99. The minimum absolute atomic E-state index is 0.0414. The van der Waals surface area contributed by atoms with Crippen LogP contribution in [0.4, 0.5) is 4.39 Å². The highest BCUT2D eigenvalue weighted by Crippen LogP contribution is 2.17. The van der Waals surface area contributed by atoms with E-state index in [4.69, 9.17) is 17.2 Å². The summed E-state index contributed by atoms with van der Waals surface area (Å²) in [7, 11) is 0. The van der Waals surface area contributed by atoms with Gasteiger partial charge in [-0.25, -0.2) is 4.39 Å². The van der Waals surface area contributed by atoms with Crippen LogP contribution in [-0.4, -0.2) is 136 Å². The van der Waals surface area contributed by atoms with Crippen LogP contribution in [0.5, 0.6) is 5.75 Å². The summed E-state index contributed by atoms with van der Waals surface area (Å²) in [5.74, 6) is -10.8. The van der Waals surface area contributed by atoms with Gasteiger partial charge in [0, 0.05) is 31.6 Å². The van der Waals surface area contributed by atoms with Gasteiger partial charge in [0.2, 0.25) is 65.0 Å². The molecule has 11 amide bonds. The molecule has 1 heterocycles. The molecule has 3 rings (SSSR count). The molecule has 23 nitrogen and oxygen atoms in total. The first-order valence-electron chi connectivity index (χ1n) is 23.8. The van der Waals surface area contributed by atoms with Crippen molar-refractivity contribution in [2.75, 3.05) is 24.6 Å². The van der Waals surface area contributed by atoms with E-state index in [1.54, 1.807) is 39.8 Å². The molecule has 2 aromatic carbocycles. The van der Waals surface area contributed by atoms with Gasteiger partial charge in [0.1, 0.15) is 47.8 Å². The summed E-state index contributed by atoms with van der Waals surface area (Å²) >= 11 is 1.17. The average Bonchev–Trinajstić information content (AvgIpc) is 3.32. The lowest BCUT2D eigenvalue weighted by Crippen LogP contribution is -2.61. The summed E-state index contributed by atoms with van der Waals surface area (Å²) < 4.78 is 14.0. The maximum absolute atomic E-state index is 14.8. The fourth-order valence-electron chi connectivity index (χ4n) is 7.45. The number of rotatable bonds is 20. The Morgan fingerprint density at radius 1 is 0.767 bits per heavy atom. The second-order valence-corrected chi connectivity index (χ2v) is 19.4. The van der Waals surface area contributed by atoms with Crippen molar-refractivity contribution in [1.82, 2.24) is 42.1 Å². The third kappa shape index (κ3) is 21.5. The lowest BCUT2D eigenvalue weighted by Gasteiger charge is -2.30. The molecule has 7 atom stereocenters. The Labute approximate surface area is 426 Å². The molecule has 14 N–H and O–H groups in total. The van der Waals surface area contributed by atoms with Crippen LogP contribution < -0.4 is 54.4 Å². The van der Waals surface area contributed by atoms with Gasteiger partial charge in [0.25, 0.3) is 0 Å². The highest BCUT2D eigenvalue weighted by Gasteiger charge is 2.36. The number of nitrogens with zero attached hydrogens (tertiary/aromatic N) is 1. The number of benzene rings is 2. The predicted molar refractivity (Wildman–Crippen MR) is 265 cm³/mol. The van der Waals surface area contributed by atoms with Crippen molar-refractivity contribution in [1.29, 1.82) is 0 Å². The van der Waals surface area contributed by atoms with E-state index in [-0.39, 0.29) is 55.4 Å². The molecule has 1 fully saturated rings. The molecule has 0 spiro atoms. The van der Waals surface area contributed by atoms with E-state index in [1.165, 1.54) is 36.0 Å². The van der Waals surface area contributed by atoms with Crippen LogP contribution in [-0.2, 0) is 65.7 Å². The topological polar surface area (TPSA) is 374 Å². The first kappa shape index (κ1) is 60.0. The van der Waals surface area contributed by atoms with E-state index >= 15 is 0 Å². The van der Waals surface area contributed by atoms with Crippen molar-refractivity contribution in [3.05, 3.63) is 65.5 Å². The molecular formula is C48H68FN11O12S. The van der Waals surface area contributed by atoms with Crippen LogP contribution >= 0.6 is 11.8 Å². The zero-order valence-corrected chi connectivity index (χ0v) is 42.1. The molecule has 0 aromatic heterocycles. The van der Waals surface area contributed by atoms with Crippen molar-refractivity contribution in [3.63, 3.8) is 0 Å². The van der Waals surface area contributed by atoms with Crippen LogP contribution in [0, 0.1) is 17.7 Å². The Balaban J connectivity index is 2.11. The van der Waals surface area contributed by atoms with E-state index in [9.17, 15) is 62.2 Å². The number of hydrogen-bond acceptors (Lipinski definition) is 13. The fourth-order valence-corrected chi connectivity index (χ4v) is 8.39. The molecule has 0 aliphatic carbocycles. The number of phenolic OH excluding ortho intramolecular Hbond substituents is 1. The lowest BCUT2D eigenvalue weighted by atomic mass is 9.96. The number of halogens is 1. The van der Waals surface area contributed by atoms with Gasteiger partial charge in [-0.2, -0.15) is 11.8 Å². The SMILES string of the molecule is CC[C@H](C)[C@@H]1NC(=O)[C@H](Cc2ccc(O)cc2)NC(=O)CCSCC[C@@H](C(=O)N(CC(=O)N[C@@H](CC(C)C)C(=O)NCC(N)=O)Cc2ccc(F)cc2)NC(=O)[C@H](CC(N)=O)NC(=O)[C@H](CCC(N)=O)NC1=O. The van der Waals surface area contributed by atoms with E-state index < -0.39 is 145 Å². The zero-order valence-electron chi connectivity index (χ0n) is 41.3. The van der Waals surface area contributed by atoms with Gasteiger partial charge in [-0.15, -0.1) is 0 Å². The number of carbonyl (C=O) groups is 11.